The fourth-order valence-electron chi connectivity index (χ4n) is 2.27. The molecule has 27 heavy (non-hydrogen) atoms. The van der Waals surface area contributed by atoms with Crippen molar-refractivity contribution in [3.05, 3.63) is 64.2 Å². The van der Waals surface area contributed by atoms with Gasteiger partial charge in [0, 0.05) is 17.7 Å². The van der Waals surface area contributed by atoms with Crippen LogP contribution in [-0.2, 0) is 20.6 Å². The van der Waals surface area contributed by atoms with E-state index >= 15 is 0 Å². The van der Waals surface area contributed by atoms with Gasteiger partial charge in [0.1, 0.15) is 4.21 Å². The first-order chi connectivity index (χ1) is 13.0. The molecule has 3 aromatic rings. The first-order valence-electron chi connectivity index (χ1n) is 7.99. The van der Waals surface area contributed by atoms with E-state index in [1.54, 1.807) is 34.5 Å². The Bertz CT molecular complexity index is 984. The molecule has 0 aliphatic rings. The van der Waals surface area contributed by atoms with Crippen LogP contribution < -0.4 is 5.32 Å². The normalized spacial score (nSPS) is 11.6. The maximum absolute atomic E-state index is 12.4. The molecule has 0 saturated heterocycles. The van der Waals surface area contributed by atoms with Crippen molar-refractivity contribution < 1.29 is 13.2 Å². The summed E-state index contributed by atoms with van der Waals surface area (Å²) in [5, 5.41) is 8.66. The van der Waals surface area contributed by atoms with Crippen LogP contribution in [0.15, 0.2) is 67.7 Å². The minimum absolute atomic E-state index is 0.226. The van der Waals surface area contributed by atoms with Gasteiger partial charge in [0.15, 0.2) is 0 Å². The minimum Gasteiger partial charge on any atom is -0.324 e. The van der Waals surface area contributed by atoms with Crippen LogP contribution in [0.1, 0.15) is 5.56 Å². The van der Waals surface area contributed by atoms with Gasteiger partial charge in [-0.25, -0.2) is 8.42 Å². The maximum Gasteiger partial charge on any atom is 0.252 e. The largest absolute Gasteiger partial charge is 0.324 e. The molecular formula is C18H18N2O3S4. The second-order valence-electron chi connectivity index (χ2n) is 5.66. The predicted molar refractivity (Wildman–Crippen MR) is 113 cm³/mol. The molecule has 0 spiro atoms. The molecule has 0 aliphatic heterocycles. The third-order valence-corrected chi connectivity index (χ3v) is 8.71. The molecule has 142 valence electrons. The topological polar surface area (TPSA) is 66.5 Å². The van der Waals surface area contributed by atoms with Crippen LogP contribution in [0.3, 0.4) is 0 Å². The summed E-state index contributed by atoms with van der Waals surface area (Å²) in [6, 6.07) is 12.8. The number of thiophene rings is 2. The SMILES string of the molecule is CN(CC(=O)Nc1ccccc1SCc1ccsc1)S(=O)(=O)c1cccs1. The van der Waals surface area contributed by atoms with E-state index in [9.17, 15) is 13.2 Å². The van der Waals surface area contributed by atoms with Crippen molar-refractivity contribution in [3.8, 4) is 0 Å². The Kier molecular flexibility index (Phi) is 6.72. The van der Waals surface area contributed by atoms with Gasteiger partial charge in [0.05, 0.1) is 12.2 Å². The molecule has 1 N–H and O–H groups in total. The Morgan fingerprint density at radius 2 is 1.96 bits per heavy atom. The molecule has 9 heteroatoms. The van der Waals surface area contributed by atoms with Gasteiger partial charge in [-0.2, -0.15) is 15.6 Å². The Hall–Kier alpha value is -1.65. The minimum atomic E-state index is -3.65. The summed E-state index contributed by atoms with van der Waals surface area (Å²) in [5.74, 6) is 0.435. The van der Waals surface area contributed by atoms with Crippen molar-refractivity contribution in [2.75, 3.05) is 18.9 Å². The highest BCUT2D eigenvalue weighted by Gasteiger charge is 2.24. The van der Waals surface area contributed by atoms with Crippen LogP contribution in [0.4, 0.5) is 5.69 Å². The number of hydrogen-bond donors (Lipinski definition) is 1. The molecule has 0 aliphatic carbocycles. The number of nitrogens with zero attached hydrogens (tertiary/aromatic N) is 1. The monoisotopic (exact) mass is 438 g/mol. The Labute approximate surface area is 171 Å². The summed E-state index contributed by atoms with van der Waals surface area (Å²) in [5.41, 5.74) is 1.91. The molecule has 0 fully saturated rings. The lowest BCUT2D eigenvalue weighted by Crippen LogP contribution is -2.34. The van der Waals surface area contributed by atoms with Crippen LogP contribution in [0.5, 0.6) is 0 Å². The molecule has 2 aromatic heterocycles. The van der Waals surface area contributed by atoms with Crippen LogP contribution in [-0.4, -0.2) is 32.2 Å². The van der Waals surface area contributed by atoms with Gasteiger partial charge in [-0.3, -0.25) is 4.79 Å². The summed E-state index contributed by atoms with van der Waals surface area (Å²) < 4.78 is 26.2. The Balaban J connectivity index is 1.64. The molecule has 0 bridgehead atoms. The third kappa shape index (κ3) is 5.20. The molecule has 3 rings (SSSR count). The van der Waals surface area contributed by atoms with E-state index in [4.69, 9.17) is 0 Å². The van der Waals surface area contributed by atoms with E-state index in [1.807, 2.05) is 29.6 Å². The highest BCUT2D eigenvalue weighted by atomic mass is 32.2. The number of sulfonamides is 1. The van der Waals surface area contributed by atoms with Gasteiger partial charge < -0.3 is 5.32 Å². The van der Waals surface area contributed by atoms with Crippen LogP contribution in [0, 0.1) is 0 Å². The number of rotatable bonds is 8. The standard InChI is InChI=1S/C18H18N2O3S4/c1-20(27(22,23)18-7-4-9-25-18)11-17(21)19-15-5-2-3-6-16(15)26-13-14-8-10-24-12-14/h2-10,12H,11,13H2,1H3,(H,19,21). The van der Waals surface area contributed by atoms with Crippen molar-refractivity contribution in [2.24, 2.45) is 0 Å². The van der Waals surface area contributed by atoms with E-state index in [-0.39, 0.29) is 16.7 Å². The number of para-hydroxylation sites is 1. The van der Waals surface area contributed by atoms with Gasteiger partial charge in [0.25, 0.3) is 10.0 Å². The fourth-order valence-corrected chi connectivity index (χ4v) is 6.33. The number of carbonyl (C=O) groups is 1. The third-order valence-electron chi connectivity index (χ3n) is 3.66. The molecule has 1 aromatic carbocycles. The van der Waals surface area contributed by atoms with Crippen LogP contribution in [0.2, 0.25) is 0 Å². The van der Waals surface area contributed by atoms with Crippen molar-refractivity contribution in [3.63, 3.8) is 0 Å². The highest BCUT2D eigenvalue weighted by Crippen LogP contribution is 2.30. The Morgan fingerprint density at radius 3 is 2.67 bits per heavy atom. The number of anilines is 1. The fraction of sp³-hybridized carbons (Fsp3) is 0.167. The molecule has 1 amide bonds. The van der Waals surface area contributed by atoms with E-state index in [2.05, 4.69) is 16.8 Å². The number of hydrogen-bond acceptors (Lipinski definition) is 6. The zero-order chi connectivity index (χ0) is 19.3. The number of nitrogens with one attached hydrogen (secondary N) is 1. The lowest BCUT2D eigenvalue weighted by atomic mass is 10.3. The molecule has 0 radical (unpaired) electrons. The smallest absolute Gasteiger partial charge is 0.252 e. The first kappa shape index (κ1) is 20.1. The van der Waals surface area contributed by atoms with Gasteiger partial charge in [-0.05, 0) is 46.0 Å². The molecule has 0 unspecified atom stereocenters. The van der Waals surface area contributed by atoms with Crippen molar-refractivity contribution in [1.29, 1.82) is 0 Å². The van der Waals surface area contributed by atoms with Crippen molar-refractivity contribution in [1.82, 2.24) is 4.31 Å². The summed E-state index contributed by atoms with van der Waals surface area (Å²) >= 11 is 4.42. The Morgan fingerprint density at radius 1 is 1.15 bits per heavy atom. The quantitative estimate of drug-likeness (QED) is 0.531. The molecule has 0 atom stereocenters. The zero-order valence-corrected chi connectivity index (χ0v) is 17.8. The summed E-state index contributed by atoms with van der Waals surface area (Å²) in [6.45, 7) is -0.246. The highest BCUT2D eigenvalue weighted by molar-refractivity contribution is 7.98. The molecular weight excluding hydrogens is 420 g/mol. The number of benzene rings is 1. The average Bonchev–Trinajstić information content (AvgIpc) is 3.35. The number of likely N-dealkylation sites (N-methyl/N-ethyl adjacent to an activating group) is 1. The van der Waals surface area contributed by atoms with Gasteiger partial charge in [-0.15, -0.1) is 23.1 Å². The second-order valence-corrected chi connectivity index (χ2v) is 10.7. The van der Waals surface area contributed by atoms with E-state index in [0.29, 0.717) is 5.69 Å². The molecule has 2 heterocycles. The predicted octanol–water partition coefficient (Wildman–Crippen LogP) is 4.36. The van der Waals surface area contributed by atoms with E-state index < -0.39 is 10.0 Å². The van der Waals surface area contributed by atoms with E-state index in [0.717, 1.165) is 26.3 Å². The van der Waals surface area contributed by atoms with Crippen molar-refractivity contribution in [2.45, 2.75) is 14.9 Å². The summed E-state index contributed by atoms with van der Waals surface area (Å²) in [4.78, 5) is 13.3. The summed E-state index contributed by atoms with van der Waals surface area (Å²) in [7, 11) is -2.24. The van der Waals surface area contributed by atoms with E-state index in [1.165, 1.54) is 18.7 Å². The molecule has 0 saturated carbocycles. The van der Waals surface area contributed by atoms with Crippen LogP contribution >= 0.6 is 34.4 Å². The number of carbonyl (C=O) groups excluding carboxylic acids is 1. The lowest BCUT2D eigenvalue weighted by molar-refractivity contribution is -0.116. The molecule has 5 nitrogen and oxygen atoms in total. The maximum atomic E-state index is 12.4. The zero-order valence-electron chi connectivity index (χ0n) is 14.5. The number of amides is 1. The number of thioether (sulfide) groups is 1. The van der Waals surface area contributed by atoms with Crippen LogP contribution in [0.25, 0.3) is 0 Å². The lowest BCUT2D eigenvalue weighted by Gasteiger charge is -2.16. The summed E-state index contributed by atoms with van der Waals surface area (Å²) in [6.07, 6.45) is 0. The van der Waals surface area contributed by atoms with Gasteiger partial charge >= 0.3 is 0 Å². The van der Waals surface area contributed by atoms with Gasteiger partial charge in [-0.1, -0.05) is 18.2 Å². The first-order valence-corrected chi connectivity index (χ1v) is 12.2. The average molecular weight is 439 g/mol. The van der Waals surface area contributed by atoms with Gasteiger partial charge in [0.2, 0.25) is 5.91 Å². The van der Waals surface area contributed by atoms with Crippen molar-refractivity contribution >= 4 is 56.1 Å². The second kappa shape index (κ2) is 9.03.